The Morgan fingerprint density at radius 3 is 2.38 bits per heavy atom. The summed E-state index contributed by atoms with van der Waals surface area (Å²) in [6.45, 7) is 0. The predicted octanol–water partition coefficient (Wildman–Crippen LogP) is 4.91. The van der Waals surface area contributed by atoms with Gasteiger partial charge >= 0.3 is 0 Å². The van der Waals surface area contributed by atoms with Gasteiger partial charge in [-0.05, 0) is 30.3 Å². The second kappa shape index (κ2) is 9.13. The van der Waals surface area contributed by atoms with Crippen molar-refractivity contribution in [3.8, 4) is 40.3 Å². The topological polar surface area (TPSA) is 73.6 Å². The van der Waals surface area contributed by atoms with Gasteiger partial charge in [0.05, 0.1) is 39.7 Å². The SMILES string of the molecule is COc1ccc(-c2csc(/C(C#N)=C/c3cccc(OC)c3OC)n2)cc1OC. The summed E-state index contributed by atoms with van der Waals surface area (Å²) in [6, 6.07) is 13.3. The largest absolute Gasteiger partial charge is 0.493 e. The van der Waals surface area contributed by atoms with Crippen molar-refractivity contribution >= 4 is 23.0 Å². The molecule has 0 bridgehead atoms. The van der Waals surface area contributed by atoms with Crippen LogP contribution in [0.25, 0.3) is 22.9 Å². The average Bonchev–Trinajstić information content (AvgIpc) is 3.26. The number of nitriles is 1. The number of aromatic nitrogens is 1. The average molecular weight is 408 g/mol. The first kappa shape index (κ1) is 20.2. The fourth-order valence-corrected chi connectivity index (χ4v) is 3.64. The highest BCUT2D eigenvalue weighted by Crippen LogP contribution is 2.36. The summed E-state index contributed by atoms with van der Waals surface area (Å²) in [5.41, 5.74) is 2.81. The number of nitrogens with zero attached hydrogens (tertiary/aromatic N) is 2. The first-order valence-electron chi connectivity index (χ1n) is 8.66. The van der Waals surface area contributed by atoms with Crippen molar-refractivity contribution in [1.29, 1.82) is 5.26 Å². The number of rotatable bonds is 7. The number of benzene rings is 2. The summed E-state index contributed by atoms with van der Waals surface area (Å²) in [7, 11) is 6.33. The van der Waals surface area contributed by atoms with Crippen molar-refractivity contribution < 1.29 is 18.9 Å². The Morgan fingerprint density at radius 1 is 0.966 bits per heavy atom. The van der Waals surface area contributed by atoms with Crippen LogP contribution in [0.3, 0.4) is 0 Å². The number of hydrogen-bond acceptors (Lipinski definition) is 7. The highest BCUT2D eigenvalue weighted by Gasteiger charge is 2.14. The van der Waals surface area contributed by atoms with Gasteiger partial charge in [0.2, 0.25) is 0 Å². The third-order valence-electron chi connectivity index (χ3n) is 4.27. The van der Waals surface area contributed by atoms with Crippen LogP contribution in [0.4, 0.5) is 0 Å². The summed E-state index contributed by atoms with van der Waals surface area (Å²) < 4.78 is 21.4. The van der Waals surface area contributed by atoms with E-state index in [1.54, 1.807) is 40.6 Å². The molecule has 0 saturated heterocycles. The summed E-state index contributed by atoms with van der Waals surface area (Å²) in [6.07, 6.45) is 1.75. The predicted molar refractivity (Wildman–Crippen MR) is 114 cm³/mol. The molecule has 1 aromatic heterocycles. The van der Waals surface area contributed by atoms with E-state index in [9.17, 15) is 5.26 Å². The van der Waals surface area contributed by atoms with E-state index in [4.69, 9.17) is 18.9 Å². The van der Waals surface area contributed by atoms with Crippen molar-refractivity contribution in [2.45, 2.75) is 0 Å². The molecular formula is C22H20N2O4S. The van der Waals surface area contributed by atoms with Crippen LogP contribution >= 0.6 is 11.3 Å². The lowest BCUT2D eigenvalue weighted by atomic mass is 10.1. The maximum atomic E-state index is 9.70. The molecule has 0 aliphatic heterocycles. The van der Waals surface area contributed by atoms with E-state index in [2.05, 4.69) is 11.1 Å². The Labute approximate surface area is 173 Å². The fraction of sp³-hybridized carbons (Fsp3) is 0.182. The zero-order valence-corrected chi connectivity index (χ0v) is 17.4. The highest BCUT2D eigenvalue weighted by atomic mass is 32.1. The molecule has 0 aliphatic rings. The minimum Gasteiger partial charge on any atom is -0.493 e. The Bertz CT molecular complexity index is 1080. The first-order chi connectivity index (χ1) is 14.1. The van der Waals surface area contributed by atoms with E-state index in [1.165, 1.54) is 11.3 Å². The fourth-order valence-electron chi connectivity index (χ4n) is 2.85. The molecule has 0 spiro atoms. The molecule has 1 heterocycles. The Morgan fingerprint density at radius 2 is 1.72 bits per heavy atom. The van der Waals surface area contributed by atoms with E-state index in [0.717, 1.165) is 16.8 Å². The maximum absolute atomic E-state index is 9.70. The summed E-state index contributed by atoms with van der Waals surface area (Å²) in [5.74, 6) is 2.44. The van der Waals surface area contributed by atoms with E-state index in [-0.39, 0.29) is 0 Å². The van der Waals surface area contributed by atoms with Gasteiger partial charge in [0.1, 0.15) is 11.1 Å². The third kappa shape index (κ3) is 4.18. The van der Waals surface area contributed by atoms with Crippen molar-refractivity contribution in [3.05, 3.63) is 52.3 Å². The maximum Gasteiger partial charge on any atom is 0.167 e. The quantitative estimate of drug-likeness (QED) is 0.517. The standard InChI is InChI=1S/C22H20N2O4S/c1-25-18-9-8-14(11-20(18)27-3)17-13-29-22(24-17)16(12-23)10-15-6-5-7-19(26-2)21(15)28-4/h5-11,13H,1-4H3/b16-10+. The van der Waals surface area contributed by atoms with Crippen molar-refractivity contribution in [1.82, 2.24) is 4.98 Å². The van der Waals surface area contributed by atoms with Gasteiger partial charge in [-0.15, -0.1) is 11.3 Å². The van der Waals surface area contributed by atoms with Crippen LogP contribution in [0.5, 0.6) is 23.0 Å². The molecule has 2 aromatic carbocycles. The lowest BCUT2D eigenvalue weighted by molar-refractivity contribution is 0.354. The van der Waals surface area contributed by atoms with Gasteiger partial charge in [-0.3, -0.25) is 0 Å². The molecule has 0 aliphatic carbocycles. The first-order valence-corrected chi connectivity index (χ1v) is 9.54. The molecule has 0 atom stereocenters. The van der Waals surface area contributed by atoms with E-state index in [1.807, 2.05) is 35.7 Å². The minimum atomic E-state index is 0.438. The molecule has 3 rings (SSSR count). The molecule has 0 radical (unpaired) electrons. The van der Waals surface area contributed by atoms with E-state index in [0.29, 0.717) is 33.6 Å². The number of para-hydroxylation sites is 1. The van der Waals surface area contributed by atoms with Gasteiger partial charge < -0.3 is 18.9 Å². The Balaban J connectivity index is 1.99. The van der Waals surface area contributed by atoms with Gasteiger partial charge in [-0.2, -0.15) is 5.26 Å². The van der Waals surface area contributed by atoms with Crippen LogP contribution in [0, 0.1) is 11.3 Å². The number of allylic oxidation sites excluding steroid dienone is 1. The Hall–Kier alpha value is -3.50. The van der Waals surface area contributed by atoms with Crippen LogP contribution in [0.2, 0.25) is 0 Å². The molecule has 29 heavy (non-hydrogen) atoms. The molecule has 0 unspecified atom stereocenters. The molecule has 0 saturated carbocycles. The molecule has 148 valence electrons. The normalized spacial score (nSPS) is 10.9. The number of ether oxygens (including phenoxy) is 4. The molecule has 3 aromatic rings. The molecule has 7 heteroatoms. The molecule has 0 fully saturated rings. The third-order valence-corrected chi connectivity index (χ3v) is 5.14. The van der Waals surface area contributed by atoms with Crippen LogP contribution < -0.4 is 18.9 Å². The molecule has 6 nitrogen and oxygen atoms in total. The van der Waals surface area contributed by atoms with Crippen LogP contribution in [0.1, 0.15) is 10.6 Å². The molecule has 0 amide bonds. The summed E-state index contributed by atoms with van der Waals surface area (Å²) >= 11 is 1.40. The van der Waals surface area contributed by atoms with E-state index >= 15 is 0 Å². The highest BCUT2D eigenvalue weighted by molar-refractivity contribution is 7.11. The lowest BCUT2D eigenvalue weighted by Gasteiger charge is -2.10. The number of methoxy groups -OCH3 is 4. The van der Waals surface area contributed by atoms with Gasteiger partial charge in [-0.25, -0.2) is 4.98 Å². The van der Waals surface area contributed by atoms with Gasteiger partial charge in [0, 0.05) is 16.5 Å². The minimum absolute atomic E-state index is 0.438. The van der Waals surface area contributed by atoms with Crippen molar-refractivity contribution in [3.63, 3.8) is 0 Å². The van der Waals surface area contributed by atoms with Crippen molar-refractivity contribution in [2.24, 2.45) is 0 Å². The summed E-state index contributed by atoms with van der Waals surface area (Å²) in [4.78, 5) is 4.64. The second-order valence-electron chi connectivity index (χ2n) is 5.86. The van der Waals surface area contributed by atoms with Crippen LogP contribution in [-0.2, 0) is 0 Å². The number of thiazole rings is 1. The van der Waals surface area contributed by atoms with Gasteiger partial charge in [0.15, 0.2) is 23.0 Å². The van der Waals surface area contributed by atoms with E-state index < -0.39 is 0 Å². The number of hydrogen-bond donors (Lipinski definition) is 0. The molecule has 0 N–H and O–H groups in total. The van der Waals surface area contributed by atoms with Gasteiger partial charge in [0.25, 0.3) is 0 Å². The summed E-state index contributed by atoms with van der Waals surface area (Å²) in [5, 5.41) is 12.2. The van der Waals surface area contributed by atoms with Gasteiger partial charge in [-0.1, -0.05) is 12.1 Å². The smallest absolute Gasteiger partial charge is 0.167 e. The van der Waals surface area contributed by atoms with Crippen LogP contribution in [0.15, 0.2) is 41.8 Å². The Kier molecular flexibility index (Phi) is 6.37. The van der Waals surface area contributed by atoms with Crippen molar-refractivity contribution in [2.75, 3.05) is 28.4 Å². The lowest BCUT2D eigenvalue weighted by Crippen LogP contribution is -1.93. The van der Waals surface area contributed by atoms with Crippen LogP contribution in [-0.4, -0.2) is 33.4 Å². The zero-order chi connectivity index (χ0) is 20.8. The monoisotopic (exact) mass is 408 g/mol. The second-order valence-corrected chi connectivity index (χ2v) is 6.72. The molecular weight excluding hydrogens is 388 g/mol. The zero-order valence-electron chi connectivity index (χ0n) is 16.6.